The maximum atomic E-state index is 12.1. The second-order valence-corrected chi connectivity index (χ2v) is 5.24. The normalized spacial score (nSPS) is 21.1. The second-order valence-electron chi connectivity index (χ2n) is 5.24. The summed E-state index contributed by atoms with van der Waals surface area (Å²) in [7, 11) is 1.38. The summed E-state index contributed by atoms with van der Waals surface area (Å²) in [4.78, 5) is 25.4. The van der Waals surface area contributed by atoms with Crippen LogP contribution in [0.2, 0.25) is 0 Å². The molecule has 1 aliphatic rings. The van der Waals surface area contributed by atoms with Gasteiger partial charge >= 0.3 is 12.1 Å². The highest BCUT2D eigenvalue weighted by Gasteiger charge is 2.39. The molecule has 1 heterocycles. The van der Waals surface area contributed by atoms with Crippen LogP contribution < -0.4 is 0 Å². The third-order valence-corrected chi connectivity index (χ3v) is 3.93. The smallest absolute Gasteiger partial charge is 0.410 e. The Morgan fingerprint density at radius 2 is 1.95 bits per heavy atom. The lowest BCUT2D eigenvalue weighted by Crippen LogP contribution is -2.30. The fourth-order valence-corrected chi connectivity index (χ4v) is 2.66. The van der Waals surface area contributed by atoms with E-state index in [2.05, 4.69) is 0 Å². The fourth-order valence-electron chi connectivity index (χ4n) is 2.66. The number of hydrogen-bond acceptors (Lipinski definition) is 4. The molecule has 0 N–H and O–H groups in total. The summed E-state index contributed by atoms with van der Waals surface area (Å²) in [6.45, 7) is 3.18. The van der Waals surface area contributed by atoms with Crippen LogP contribution in [0.3, 0.4) is 0 Å². The first-order chi connectivity index (χ1) is 10.2. The number of benzene rings is 1. The number of amides is 1. The summed E-state index contributed by atoms with van der Waals surface area (Å²) in [5, 5.41) is 0. The van der Waals surface area contributed by atoms with Gasteiger partial charge in [-0.2, -0.15) is 0 Å². The number of carbonyl (C=O) groups is 2. The average molecular weight is 291 g/mol. The van der Waals surface area contributed by atoms with Gasteiger partial charge in [-0.3, -0.25) is 4.79 Å². The van der Waals surface area contributed by atoms with E-state index in [1.54, 1.807) is 4.90 Å². The molecule has 1 amide bonds. The standard InChI is InChI=1S/C16H21NO4/c1-3-13-9-17(10-14(13)15(18)20-2)16(19)21-11-12-7-5-4-6-8-12/h4-8,13-14H,3,9-11H2,1-2H3/t13-,14?/m1/s1. The van der Waals surface area contributed by atoms with E-state index < -0.39 is 0 Å². The van der Waals surface area contributed by atoms with Gasteiger partial charge in [0.15, 0.2) is 0 Å². The molecule has 114 valence electrons. The van der Waals surface area contributed by atoms with Gasteiger partial charge in [-0.05, 0) is 11.5 Å². The van der Waals surface area contributed by atoms with Crippen molar-refractivity contribution in [3.05, 3.63) is 35.9 Å². The van der Waals surface area contributed by atoms with E-state index in [1.165, 1.54) is 7.11 Å². The molecule has 1 aliphatic heterocycles. The summed E-state index contributed by atoms with van der Waals surface area (Å²) in [6, 6.07) is 9.53. The summed E-state index contributed by atoms with van der Waals surface area (Å²) in [5.74, 6) is -0.355. The summed E-state index contributed by atoms with van der Waals surface area (Å²) in [5.41, 5.74) is 0.946. The van der Waals surface area contributed by atoms with E-state index in [9.17, 15) is 9.59 Å². The van der Waals surface area contributed by atoms with E-state index in [4.69, 9.17) is 9.47 Å². The highest BCUT2D eigenvalue weighted by atomic mass is 16.6. The van der Waals surface area contributed by atoms with E-state index in [-0.39, 0.29) is 30.5 Å². The number of rotatable bonds is 4. The Morgan fingerprint density at radius 1 is 1.24 bits per heavy atom. The molecule has 0 aromatic heterocycles. The molecular formula is C16H21NO4. The minimum absolute atomic E-state index is 0.140. The monoisotopic (exact) mass is 291 g/mol. The van der Waals surface area contributed by atoms with Crippen LogP contribution in [0.4, 0.5) is 4.79 Å². The topological polar surface area (TPSA) is 55.8 Å². The van der Waals surface area contributed by atoms with Crippen molar-refractivity contribution in [1.82, 2.24) is 4.90 Å². The van der Waals surface area contributed by atoms with Gasteiger partial charge < -0.3 is 14.4 Å². The Bertz CT molecular complexity index is 488. The maximum Gasteiger partial charge on any atom is 0.410 e. The lowest BCUT2D eigenvalue weighted by molar-refractivity contribution is -0.146. The van der Waals surface area contributed by atoms with Gasteiger partial charge in [0.2, 0.25) is 0 Å². The second kappa shape index (κ2) is 7.11. The predicted molar refractivity (Wildman–Crippen MR) is 77.5 cm³/mol. The first-order valence-electron chi connectivity index (χ1n) is 7.19. The lowest BCUT2D eigenvalue weighted by atomic mass is 9.94. The maximum absolute atomic E-state index is 12.1. The number of nitrogens with zero attached hydrogens (tertiary/aromatic N) is 1. The number of ether oxygens (including phenoxy) is 2. The third-order valence-electron chi connectivity index (χ3n) is 3.93. The van der Waals surface area contributed by atoms with Gasteiger partial charge in [0.1, 0.15) is 6.61 Å². The molecule has 0 bridgehead atoms. The molecule has 1 saturated heterocycles. The van der Waals surface area contributed by atoms with Gasteiger partial charge in [0, 0.05) is 13.1 Å². The molecule has 0 saturated carbocycles. The van der Waals surface area contributed by atoms with Crippen molar-refractivity contribution in [2.45, 2.75) is 20.0 Å². The summed E-state index contributed by atoms with van der Waals surface area (Å²) < 4.78 is 10.1. The molecule has 0 spiro atoms. The number of carbonyl (C=O) groups excluding carboxylic acids is 2. The van der Waals surface area contributed by atoms with Gasteiger partial charge in [-0.15, -0.1) is 0 Å². The highest BCUT2D eigenvalue weighted by molar-refractivity contribution is 5.76. The first-order valence-corrected chi connectivity index (χ1v) is 7.19. The molecule has 1 unspecified atom stereocenters. The SMILES string of the molecule is CC[C@@H]1CN(C(=O)OCc2ccccc2)CC1C(=O)OC. The predicted octanol–water partition coefficient (Wildman–Crippen LogP) is 2.45. The molecule has 21 heavy (non-hydrogen) atoms. The Balaban J connectivity index is 1.90. The van der Waals surface area contributed by atoms with Crippen molar-refractivity contribution in [3.63, 3.8) is 0 Å². The van der Waals surface area contributed by atoms with E-state index in [1.807, 2.05) is 37.3 Å². The molecule has 1 aromatic carbocycles. The van der Waals surface area contributed by atoms with E-state index in [0.717, 1.165) is 12.0 Å². The molecule has 1 aromatic rings. The zero-order valence-corrected chi connectivity index (χ0v) is 12.5. The zero-order valence-electron chi connectivity index (χ0n) is 12.5. The zero-order chi connectivity index (χ0) is 15.2. The van der Waals surface area contributed by atoms with Crippen LogP contribution in [0, 0.1) is 11.8 Å². The van der Waals surface area contributed by atoms with Gasteiger partial charge in [-0.25, -0.2) is 4.79 Å². The van der Waals surface area contributed by atoms with Crippen molar-refractivity contribution < 1.29 is 19.1 Å². The van der Waals surface area contributed by atoms with E-state index in [0.29, 0.717) is 13.1 Å². The van der Waals surface area contributed by atoms with Crippen LogP contribution in [0.15, 0.2) is 30.3 Å². The largest absolute Gasteiger partial charge is 0.469 e. The van der Waals surface area contributed by atoms with Crippen molar-refractivity contribution >= 4 is 12.1 Å². The third kappa shape index (κ3) is 3.74. The van der Waals surface area contributed by atoms with Gasteiger partial charge in [-0.1, -0.05) is 43.7 Å². The minimum atomic E-state index is -0.372. The summed E-state index contributed by atoms with van der Waals surface area (Å²) >= 11 is 0. The van der Waals surface area contributed by atoms with Crippen LogP contribution in [0.1, 0.15) is 18.9 Å². The lowest BCUT2D eigenvalue weighted by Gasteiger charge is -2.16. The van der Waals surface area contributed by atoms with Crippen LogP contribution in [-0.4, -0.2) is 37.2 Å². The van der Waals surface area contributed by atoms with Gasteiger partial charge in [0.25, 0.3) is 0 Å². The van der Waals surface area contributed by atoms with Crippen molar-refractivity contribution in [3.8, 4) is 0 Å². The quantitative estimate of drug-likeness (QED) is 0.800. The summed E-state index contributed by atoms with van der Waals surface area (Å²) in [6.07, 6.45) is 0.464. The van der Waals surface area contributed by atoms with Crippen LogP contribution >= 0.6 is 0 Å². The molecule has 5 heteroatoms. The van der Waals surface area contributed by atoms with Crippen molar-refractivity contribution in [1.29, 1.82) is 0 Å². The Morgan fingerprint density at radius 3 is 2.57 bits per heavy atom. The minimum Gasteiger partial charge on any atom is -0.469 e. The number of hydrogen-bond donors (Lipinski definition) is 0. The Hall–Kier alpha value is -2.04. The van der Waals surface area contributed by atoms with Crippen molar-refractivity contribution in [2.75, 3.05) is 20.2 Å². The number of likely N-dealkylation sites (tertiary alicyclic amines) is 1. The van der Waals surface area contributed by atoms with Gasteiger partial charge in [0.05, 0.1) is 13.0 Å². The number of esters is 1. The Labute approximate surface area is 124 Å². The highest BCUT2D eigenvalue weighted by Crippen LogP contribution is 2.27. The van der Waals surface area contributed by atoms with Crippen LogP contribution in [-0.2, 0) is 20.9 Å². The Kier molecular flexibility index (Phi) is 5.20. The molecule has 5 nitrogen and oxygen atoms in total. The molecule has 0 aliphatic carbocycles. The molecule has 1 fully saturated rings. The molecule has 2 atom stereocenters. The van der Waals surface area contributed by atoms with Crippen LogP contribution in [0.5, 0.6) is 0 Å². The first kappa shape index (κ1) is 15.4. The molecule has 0 radical (unpaired) electrons. The average Bonchev–Trinajstić information content (AvgIpc) is 2.97. The van der Waals surface area contributed by atoms with Crippen molar-refractivity contribution in [2.24, 2.45) is 11.8 Å². The van der Waals surface area contributed by atoms with Crippen LogP contribution in [0.25, 0.3) is 0 Å². The molecular weight excluding hydrogens is 270 g/mol. The molecule has 2 rings (SSSR count). The van der Waals surface area contributed by atoms with E-state index >= 15 is 0 Å². The fraction of sp³-hybridized carbons (Fsp3) is 0.500. The number of methoxy groups -OCH3 is 1.